The lowest BCUT2D eigenvalue weighted by Crippen LogP contribution is -2.46. The van der Waals surface area contributed by atoms with Crippen LogP contribution in [0.4, 0.5) is 0 Å². The summed E-state index contributed by atoms with van der Waals surface area (Å²) in [6.07, 6.45) is -1.61. The van der Waals surface area contributed by atoms with Gasteiger partial charge in [0.15, 0.2) is 6.10 Å². The monoisotopic (exact) mass is 327 g/mol. The molecule has 0 saturated heterocycles. The lowest BCUT2D eigenvalue weighted by atomic mass is 9.89. The first kappa shape index (κ1) is 18.9. The van der Waals surface area contributed by atoms with E-state index in [1.165, 1.54) is 6.92 Å². The quantitative estimate of drug-likeness (QED) is 0.809. The Bertz CT molecular complexity index is 502. The zero-order chi connectivity index (χ0) is 16.9. The number of aliphatic hydroxyl groups is 2. The average molecular weight is 328 g/mol. The maximum absolute atomic E-state index is 12.5. The van der Waals surface area contributed by atoms with Crippen molar-refractivity contribution in [3.63, 3.8) is 0 Å². The van der Waals surface area contributed by atoms with Gasteiger partial charge in [0.1, 0.15) is 0 Å². The molecule has 0 aliphatic rings. The number of nitrogens with zero attached hydrogens (tertiary/aromatic N) is 1. The van der Waals surface area contributed by atoms with Gasteiger partial charge in [0.25, 0.3) is 5.91 Å². The maximum atomic E-state index is 12.5. The molecule has 0 fully saturated rings. The molecule has 2 atom stereocenters. The van der Waals surface area contributed by atoms with Crippen LogP contribution in [0.5, 0.6) is 0 Å². The maximum Gasteiger partial charge on any atom is 0.254 e. The van der Waals surface area contributed by atoms with Crippen molar-refractivity contribution in [1.82, 2.24) is 4.90 Å². The zero-order valence-corrected chi connectivity index (χ0v) is 14.5. The van der Waals surface area contributed by atoms with Gasteiger partial charge >= 0.3 is 0 Å². The summed E-state index contributed by atoms with van der Waals surface area (Å²) in [5.74, 6) is -0.462. The Balaban J connectivity index is 2.98. The van der Waals surface area contributed by atoms with Crippen LogP contribution in [-0.2, 0) is 11.3 Å². The number of carbonyl (C=O) groups is 1. The molecule has 1 aromatic carbocycles. The number of hydrogen-bond acceptors (Lipinski definition) is 3. The Labute approximate surface area is 137 Å². The normalized spacial score (nSPS) is 14.5. The summed E-state index contributed by atoms with van der Waals surface area (Å²) in [4.78, 5) is 14.0. The lowest BCUT2D eigenvalue weighted by molar-refractivity contribution is -0.147. The fourth-order valence-corrected chi connectivity index (χ4v) is 2.30. The highest BCUT2D eigenvalue weighted by Gasteiger charge is 2.30. The van der Waals surface area contributed by atoms with Crippen LogP contribution in [-0.4, -0.2) is 39.8 Å². The Morgan fingerprint density at radius 1 is 1.36 bits per heavy atom. The van der Waals surface area contributed by atoms with Gasteiger partial charge < -0.3 is 15.1 Å². The summed E-state index contributed by atoms with van der Waals surface area (Å²) in [5.41, 5.74) is 0.817. The van der Waals surface area contributed by atoms with Crippen LogP contribution in [0.1, 0.15) is 39.7 Å². The topological polar surface area (TPSA) is 60.8 Å². The Hall–Kier alpha value is -1.10. The molecular weight excluding hydrogens is 302 g/mol. The van der Waals surface area contributed by atoms with E-state index in [4.69, 9.17) is 11.6 Å². The summed E-state index contributed by atoms with van der Waals surface area (Å²) in [5, 5.41) is 20.0. The molecular formula is C17H26ClNO3. The SMILES string of the molecule is CCC(C)(C)CN(Cc1cccc(Cl)c1)C(=O)[C@H](O)[C@H](C)O. The molecule has 4 nitrogen and oxygen atoms in total. The van der Waals surface area contributed by atoms with Crippen LogP contribution in [0, 0.1) is 5.41 Å². The highest BCUT2D eigenvalue weighted by atomic mass is 35.5. The first-order valence-corrected chi connectivity index (χ1v) is 7.93. The summed E-state index contributed by atoms with van der Waals surface area (Å²) >= 11 is 5.99. The van der Waals surface area contributed by atoms with E-state index in [1.807, 2.05) is 12.1 Å². The van der Waals surface area contributed by atoms with Crippen LogP contribution in [0.15, 0.2) is 24.3 Å². The molecule has 124 valence electrons. The molecule has 0 radical (unpaired) electrons. The minimum absolute atomic E-state index is 0.0767. The van der Waals surface area contributed by atoms with Gasteiger partial charge in [0.2, 0.25) is 0 Å². The summed E-state index contributed by atoms with van der Waals surface area (Å²) in [7, 11) is 0. The predicted molar refractivity (Wildman–Crippen MR) is 88.6 cm³/mol. The van der Waals surface area contributed by atoms with Crippen molar-refractivity contribution < 1.29 is 15.0 Å². The van der Waals surface area contributed by atoms with E-state index in [0.29, 0.717) is 18.1 Å². The van der Waals surface area contributed by atoms with Gasteiger partial charge in [0, 0.05) is 18.1 Å². The molecule has 5 heteroatoms. The van der Waals surface area contributed by atoms with E-state index in [2.05, 4.69) is 20.8 Å². The fraction of sp³-hybridized carbons (Fsp3) is 0.588. The van der Waals surface area contributed by atoms with Crippen molar-refractivity contribution in [3.05, 3.63) is 34.9 Å². The summed E-state index contributed by atoms with van der Waals surface area (Å²) in [6, 6.07) is 7.30. The smallest absolute Gasteiger partial charge is 0.254 e. The van der Waals surface area contributed by atoms with Crippen molar-refractivity contribution in [3.8, 4) is 0 Å². The Morgan fingerprint density at radius 2 is 2.00 bits per heavy atom. The van der Waals surface area contributed by atoms with Crippen LogP contribution < -0.4 is 0 Å². The van der Waals surface area contributed by atoms with E-state index in [0.717, 1.165) is 12.0 Å². The molecule has 2 N–H and O–H groups in total. The van der Waals surface area contributed by atoms with Gasteiger partial charge in [-0.2, -0.15) is 0 Å². The molecule has 1 amide bonds. The molecule has 0 spiro atoms. The summed E-state index contributed by atoms with van der Waals surface area (Å²) < 4.78 is 0. The van der Waals surface area contributed by atoms with Gasteiger partial charge in [-0.05, 0) is 36.5 Å². The van der Waals surface area contributed by atoms with Crippen molar-refractivity contribution in [1.29, 1.82) is 0 Å². The van der Waals surface area contributed by atoms with Gasteiger partial charge in [-0.15, -0.1) is 0 Å². The standard InChI is InChI=1S/C17H26ClNO3/c1-5-17(3,4)11-19(16(22)15(21)12(2)20)10-13-7-6-8-14(18)9-13/h6-9,12,15,20-21H,5,10-11H2,1-4H3/t12-,15+/m0/s1. The van der Waals surface area contributed by atoms with E-state index < -0.39 is 18.1 Å². The van der Waals surface area contributed by atoms with Gasteiger partial charge in [-0.1, -0.05) is 44.5 Å². The van der Waals surface area contributed by atoms with E-state index in [9.17, 15) is 15.0 Å². The van der Waals surface area contributed by atoms with Gasteiger partial charge in [-0.3, -0.25) is 4.79 Å². The predicted octanol–water partition coefficient (Wildman–Crippen LogP) is 2.85. The molecule has 0 heterocycles. The van der Waals surface area contributed by atoms with Crippen molar-refractivity contribution >= 4 is 17.5 Å². The number of carbonyl (C=O) groups excluding carboxylic acids is 1. The largest absolute Gasteiger partial charge is 0.390 e. The molecule has 0 aliphatic heterocycles. The zero-order valence-electron chi connectivity index (χ0n) is 13.7. The third-order valence-corrected chi connectivity index (χ3v) is 4.10. The molecule has 0 saturated carbocycles. The second-order valence-electron chi connectivity index (χ2n) is 6.53. The molecule has 0 unspecified atom stereocenters. The van der Waals surface area contributed by atoms with Crippen LogP contribution in [0.2, 0.25) is 5.02 Å². The van der Waals surface area contributed by atoms with Crippen molar-refractivity contribution in [2.75, 3.05) is 6.54 Å². The molecule has 1 rings (SSSR count). The molecule has 22 heavy (non-hydrogen) atoms. The molecule has 0 aromatic heterocycles. The van der Waals surface area contributed by atoms with Crippen LogP contribution >= 0.6 is 11.6 Å². The van der Waals surface area contributed by atoms with Crippen LogP contribution in [0.3, 0.4) is 0 Å². The van der Waals surface area contributed by atoms with Crippen LogP contribution in [0.25, 0.3) is 0 Å². The highest BCUT2D eigenvalue weighted by Crippen LogP contribution is 2.23. The molecule has 1 aromatic rings. The minimum atomic E-state index is -1.41. The number of hydrogen-bond donors (Lipinski definition) is 2. The van der Waals surface area contributed by atoms with Gasteiger partial charge in [0.05, 0.1) is 6.10 Å². The lowest BCUT2D eigenvalue weighted by Gasteiger charge is -2.34. The van der Waals surface area contributed by atoms with E-state index in [-0.39, 0.29) is 5.41 Å². The number of amides is 1. The first-order chi connectivity index (χ1) is 10.2. The third-order valence-electron chi connectivity index (χ3n) is 3.86. The second-order valence-corrected chi connectivity index (χ2v) is 6.96. The first-order valence-electron chi connectivity index (χ1n) is 7.55. The van der Waals surface area contributed by atoms with Crippen molar-refractivity contribution in [2.45, 2.75) is 52.9 Å². The number of benzene rings is 1. The highest BCUT2D eigenvalue weighted by molar-refractivity contribution is 6.30. The molecule has 0 bridgehead atoms. The fourth-order valence-electron chi connectivity index (χ4n) is 2.09. The van der Waals surface area contributed by atoms with Crippen molar-refractivity contribution in [2.24, 2.45) is 5.41 Å². The van der Waals surface area contributed by atoms with Gasteiger partial charge in [-0.25, -0.2) is 0 Å². The number of rotatable bonds is 7. The average Bonchev–Trinajstić information content (AvgIpc) is 2.44. The number of aliphatic hydroxyl groups excluding tert-OH is 2. The third kappa shape index (κ3) is 5.59. The second kappa shape index (κ2) is 7.95. The Kier molecular flexibility index (Phi) is 6.85. The van der Waals surface area contributed by atoms with E-state index in [1.54, 1.807) is 17.0 Å². The minimum Gasteiger partial charge on any atom is -0.390 e. The summed E-state index contributed by atoms with van der Waals surface area (Å²) in [6.45, 7) is 8.46. The number of halogens is 1. The molecule has 0 aliphatic carbocycles. The Morgan fingerprint density at radius 3 is 2.50 bits per heavy atom. The van der Waals surface area contributed by atoms with E-state index >= 15 is 0 Å².